The van der Waals surface area contributed by atoms with Crippen molar-refractivity contribution in [2.24, 2.45) is 5.84 Å². The minimum Gasteiger partial charge on any atom is -0.308 e. The lowest BCUT2D eigenvalue weighted by molar-refractivity contribution is 0.629. The zero-order chi connectivity index (χ0) is 11.5. The number of nitrogen functional groups attached to an aromatic ring is 1. The van der Waals surface area contributed by atoms with Crippen molar-refractivity contribution >= 4 is 16.7 Å². The number of aromatic nitrogens is 1. The fourth-order valence-corrected chi connectivity index (χ4v) is 1.78. The van der Waals surface area contributed by atoms with Gasteiger partial charge in [-0.1, -0.05) is 13.3 Å². The van der Waals surface area contributed by atoms with Crippen LogP contribution in [0.1, 0.15) is 18.9 Å². The van der Waals surface area contributed by atoms with Gasteiger partial charge in [-0.15, -0.1) is 0 Å². The van der Waals surface area contributed by atoms with Crippen LogP contribution in [0, 0.1) is 5.82 Å². The van der Waals surface area contributed by atoms with E-state index in [4.69, 9.17) is 5.84 Å². The number of hydrogen-bond donors (Lipinski definition) is 2. The highest BCUT2D eigenvalue weighted by Crippen LogP contribution is 2.21. The third-order valence-electron chi connectivity index (χ3n) is 2.51. The zero-order valence-corrected chi connectivity index (χ0v) is 9.13. The summed E-state index contributed by atoms with van der Waals surface area (Å²) >= 11 is 0. The van der Waals surface area contributed by atoms with Gasteiger partial charge in [0.15, 0.2) is 0 Å². The van der Waals surface area contributed by atoms with E-state index in [0.29, 0.717) is 5.82 Å². The van der Waals surface area contributed by atoms with E-state index >= 15 is 0 Å². The van der Waals surface area contributed by atoms with Crippen LogP contribution in [0.5, 0.6) is 0 Å². The number of pyridine rings is 1. The second-order valence-corrected chi connectivity index (χ2v) is 3.73. The summed E-state index contributed by atoms with van der Waals surface area (Å²) in [5.41, 5.74) is 4.34. The van der Waals surface area contributed by atoms with Gasteiger partial charge in [-0.25, -0.2) is 15.2 Å². The predicted octanol–water partition coefficient (Wildman–Crippen LogP) is 2.61. The van der Waals surface area contributed by atoms with Gasteiger partial charge < -0.3 is 5.43 Å². The van der Waals surface area contributed by atoms with E-state index in [0.717, 1.165) is 29.3 Å². The van der Waals surface area contributed by atoms with Crippen molar-refractivity contribution in [2.75, 3.05) is 5.43 Å². The molecule has 0 aliphatic carbocycles. The maximum Gasteiger partial charge on any atom is 0.143 e. The van der Waals surface area contributed by atoms with Gasteiger partial charge in [-0.2, -0.15) is 0 Å². The molecule has 84 valence electrons. The van der Waals surface area contributed by atoms with Crippen LogP contribution in [0.2, 0.25) is 0 Å². The maximum absolute atomic E-state index is 13.1. The molecule has 2 aromatic rings. The lowest BCUT2D eigenvalue weighted by Gasteiger charge is -2.08. The molecule has 1 aromatic carbocycles. The quantitative estimate of drug-likeness (QED) is 0.616. The maximum atomic E-state index is 13.1. The summed E-state index contributed by atoms with van der Waals surface area (Å²) < 4.78 is 13.1. The van der Waals surface area contributed by atoms with E-state index < -0.39 is 0 Å². The number of nitrogens with two attached hydrogens (primary N) is 1. The van der Waals surface area contributed by atoms with Gasteiger partial charge in [0.2, 0.25) is 0 Å². The summed E-state index contributed by atoms with van der Waals surface area (Å²) in [7, 11) is 0. The molecule has 1 aromatic heterocycles. The summed E-state index contributed by atoms with van der Waals surface area (Å²) in [6, 6.07) is 6.47. The first kappa shape index (κ1) is 10.8. The Bertz CT molecular complexity index is 511. The van der Waals surface area contributed by atoms with Crippen LogP contribution < -0.4 is 11.3 Å². The molecule has 0 bridgehead atoms. The minimum absolute atomic E-state index is 0.245. The van der Waals surface area contributed by atoms with Crippen molar-refractivity contribution in [2.45, 2.75) is 19.8 Å². The molecule has 0 aliphatic rings. The van der Waals surface area contributed by atoms with Crippen LogP contribution in [0.15, 0.2) is 24.3 Å². The van der Waals surface area contributed by atoms with Gasteiger partial charge in [0, 0.05) is 5.39 Å². The largest absolute Gasteiger partial charge is 0.308 e. The Balaban J connectivity index is 2.60. The molecule has 1 heterocycles. The van der Waals surface area contributed by atoms with Crippen molar-refractivity contribution in [1.29, 1.82) is 0 Å². The van der Waals surface area contributed by atoms with Crippen molar-refractivity contribution in [3.05, 3.63) is 35.6 Å². The number of benzene rings is 1. The predicted molar refractivity (Wildman–Crippen MR) is 63.5 cm³/mol. The van der Waals surface area contributed by atoms with Gasteiger partial charge in [0.1, 0.15) is 11.6 Å². The first-order chi connectivity index (χ1) is 7.74. The molecule has 3 nitrogen and oxygen atoms in total. The molecule has 3 N–H and O–H groups in total. The Labute approximate surface area is 93.5 Å². The highest BCUT2D eigenvalue weighted by atomic mass is 19.1. The first-order valence-corrected chi connectivity index (χ1v) is 5.30. The molecule has 0 radical (unpaired) electrons. The summed E-state index contributed by atoms with van der Waals surface area (Å²) in [4.78, 5) is 4.35. The number of halogens is 1. The van der Waals surface area contributed by atoms with Gasteiger partial charge in [-0.3, -0.25) is 0 Å². The van der Waals surface area contributed by atoms with E-state index in [1.54, 1.807) is 6.07 Å². The molecule has 0 fully saturated rings. The average Bonchev–Trinajstić information content (AvgIpc) is 2.28. The molecular formula is C12H14FN3. The Morgan fingerprint density at radius 1 is 1.38 bits per heavy atom. The molecule has 0 atom stereocenters. The average molecular weight is 219 g/mol. The Hall–Kier alpha value is -1.68. The van der Waals surface area contributed by atoms with Crippen LogP contribution in [-0.2, 0) is 6.42 Å². The second-order valence-electron chi connectivity index (χ2n) is 3.73. The molecular weight excluding hydrogens is 205 g/mol. The molecule has 16 heavy (non-hydrogen) atoms. The molecule has 0 saturated carbocycles. The third kappa shape index (κ3) is 1.97. The second kappa shape index (κ2) is 4.45. The number of aryl methyl sites for hydroxylation is 1. The molecule has 0 saturated heterocycles. The number of nitrogens with one attached hydrogen (secondary N) is 1. The number of rotatable bonds is 3. The summed E-state index contributed by atoms with van der Waals surface area (Å²) in [6.07, 6.45) is 1.87. The normalized spacial score (nSPS) is 10.7. The standard InChI is InChI=1S/C12H14FN3/c1-2-3-8-6-9-7-10(13)4-5-11(9)15-12(8)16-14/h4-7H,2-3,14H2,1H3,(H,15,16). The van der Waals surface area contributed by atoms with Crippen molar-refractivity contribution in [3.8, 4) is 0 Å². The van der Waals surface area contributed by atoms with E-state index in [9.17, 15) is 4.39 Å². The van der Waals surface area contributed by atoms with Crippen molar-refractivity contribution < 1.29 is 4.39 Å². The van der Waals surface area contributed by atoms with Crippen LogP contribution in [0.3, 0.4) is 0 Å². The summed E-state index contributed by atoms with van der Waals surface area (Å²) in [6.45, 7) is 2.08. The van der Waals surface area contributed by atoms with E-state index in [-0.39, 0.29) is 5.82 Å². The van der Waals surface area contributed by atoms with Crippen LogP contribution in [-0.4, -0.2) is 4.98 Å². The highest BCUT2D eigenvalue weighted by molar-refractivity contribution is 5.81. The lowest BCUT2D eigenvalue weighted by atomic mass is 10.1. The Kier molecular flexibility index (Phi) is 3.01. The van der Waals surface area contributed by atoms with E-state index in [1.165, 1.54) is 12.1 Å². The molecule has 0 aliphatic heterocycles. The topological polar surface area (TPSA) is 50.9 Å². The van der Waals surface area contributed by atoms with Crippen molar-refractivity contribution in [1.82, 2.24) is 4.98 Å². The lowest BCUT2D eigenvalue weighted by Crippen LogP contribution is -2.11. The number of hydrogen-bond acceptors (Lipinski definition) is 3. The Morgan fingerprint density at radius 2 is 2.19 bits per heavy atom. The van der Waals surface area contributed by atoms with Crippen LogP contribution in [0.25, 0.3) is 10.9 Å². The Morgan fingerprint density at radius 3 is 2.88 bits per heavy atom. The van der Waals surface area contributed by atoms with Gasteiger partial charge in [-0.05, 0) is 36.2 Å². The third-order valence-corrected chi connectivity index (χ3v) is 2.51. The fraction of sp³-hybridized carbons (Fsp3) is 0.250. The molecule has 0 unspecified atom stereocenters. The number of fused-ring (bicyclic) bond motifs is 1. The zero-order valence-electron chi connectivity index (χ0n) is 9.13. The number of nitrogens with zero attached hydrogens (tertiary/aromatic N) is 1. The van der Waals surface area contributed by atoms with Crippen LogP contribution in [0.4, 0.5) is 10.2 Å². The fourth-order valence-electron chi connectivity index (χ4n) is 1.78. The van der Waals surface area contributed by atoms with Gasteiger partial charge in [0.05, 0.1) is 5.52 Å². The monoisotopic (exact) mass is 219 g/mol. The number of hydrazine groups is 1. The molecule has 4 heteroatoms. The summed E-state index contributed by atoms with van der Waals surface area (Å²) in [5.74, 6) is 5.84. The summed E-state index contributed by atoms with van der Waals surface area (Å²) in [5, 5.41) is 0.808. The smallest absolute Gasteiger partial charge is 0.143 e. The first-order valence-electron chi connectivity index (χ1n) is 5.30. The molecule has 0 spiro atoms. The molecule has 0 amide bonds. The molecule has 2 rings (SSSR count). The van der Waals surface area contributed by atoms with E-state index in [1.807, 2.05) is 6.07 Å². The van der Waals surface area contributed by atoms with Gasteiger partial charge >= 0.3 is 0 Å². The van der Waals surface area contributed by atoms with Crippen LogP contribution >= 0.6 is 0 Å². The minimum atomic E-state index is -0.245. The SMILES string of the molecule is CCCc1cc2cc(F)ccc2nc1NN. The number of anilines is 1. The highest BCUT2D eigenvalue weighted by Gasteiger charge is 2.05. The van der Waals surface area contributed by atoms with E-state index in [2.05, 4.69) is 17.3 Å². The van der Waals surface area contributed by atoms with Gasteiger partial charge in [0.25, 0.3) is 0 Å². The van der Waals surface area contributed by atoms with Crippen molar-refractivity contribution in [3.63, 3.8) is 0 Å².